The number of hydrogen-bond donors (Lipinski definition) is 1. The minimum Gasteiger partial charge on any atom is -0.396 e. The molecule has 0 atom stereocenters. The van der Waals surface area contributed by atoms with Gasteiger partial charge in [0.05, 0.1) is 0 Å². The molecule has 0 radical (unpaired) electrons. The van der Waals surface area contributed by atoms with Crippen LogP contribution in [0.4, 0.5) is 0 Å². The minimum absolute atomic E-state index is 0.245. The smallest absolute Gasteiger partial charge is 0.222 e. The van der Waals surface area contributed by atoms with Gasteiger partial charge in [-0.2, -0.15) is 0 Å². The molecule has 15 heavy (non-hydrogen) atoms. The summed E-state index contributed by atoms with van der Waals surface area (Å²) in [5.41, 5.74) is 0. The van der Waals surface area contributed by atoms with Gasteiger partial charge in [0.1, 0.15) is 0 Å². The molecule has 0 spiro atoms. The Morgan fingerprint density at radius 1 is 1.27 bits per heavy atom. The fraction of sp³-hybridized carbons (Fsp3) is 0.917. The fourth-order valence-corrected chi connectivity index (χ4v) is 1.98. The number of hydrogen-bond acceptors (Lipinski definition) is 2. The predicted molar refractivity (Wildman–Crippen MR) is 60.5 cm³/mol. The molecule has 0 aliphatic carbocycles. The summed E-state index contributed by atoms with van der Waals surface area (Å²) in [7, 11) is 0. The largest absolute Gasteiger partial charge is 0.396 e. The van der Waals surface area contributed by atoms with Gasteiger partial charge in [-0.25, -0.2) is 0 Å². The van der Waals surface area contributed by atoms with Gasteiger partial charge < -0.3 is 10.0 Å². The summed E-state index contributed by atoms with van der Waals surface area (Å²) in [6, 6.07) is 0. The quantitative estimate of drug-likeness (QED) is 0.707. The molecule has 1 rings (SSSR count). The van der Waals surface area contributed by atoms with E-state index in [1.54, 1.807) is 0 Å². The SMILES string of the molecule is CC1CCN(C(=O)CCCCCO)CC1. The summed E-state index contributed by atoms with van der Waals surface area (Å²) in [6.45, 7) is 4.39. The molecule has 3 heteroatoms. The third-order valence-corrected chi connectivity index (χ3v) is 3.19. The number of unbranched alkanes of at least 4 members (excludes halogenated alkanes) is 2. The third kappa shape index (κ3) is 4.65. The zero-order chi connectivity index (χ0) is 11.1. The second kappa shape index (κ2) is 6.83. The monoisotopic (exact) mass is 213 g/mol. The van der Waals surface area contributed by atoms with Gasteiger partial charge in [0.2, 0.25) is 5.91 Å². The molecule has 0 bridgehead atoms. The Bertz CT molecular complexity index is 186. The Kier molecular flexibility index (Phi) is 5.69. The van der Waals surface area contributed by atoms with E-state index in [-0.39, 0.29) is 6.61 Å². The summed E-state index contributed by atoms with van der Waals surface area (Å²) < 4.78 is 0. The van der Waals surface area contributed by atoms with Crippen LogP contribution in [0.1, 0.15) is 45.4 Å². The van der Waals surface area contributed by atoms with Crippen LogP contribution < -0.4 is 0 Å². The minimum atomic E-state index is 0.245. The lowest BCUT2D eigenvalue weighted by Crippen LogP contribution is -2.37. The number of piperidine rings is 1. The fourth-order valence-electron chi connectivity index (χ4n) is 1.98. The van der Waals surface area contributed by atoms with E-state index >= 15 is 0 Å². The lowest BCUT2D eigenvalue weighted by atomic mass is 9.99. The van der Waals surface area contributed by atoms with Gasteiger partial charge in [-0.15, -0.1) is 0 Å². The topological polar surface area (TPSA) is 40.5 Å². The van der Waals surface area contributed by atoms with Gasteiger partial charge in [-0.05, 0) is 31.6 Å². The molecule has 1 fully saturated rings. The number of carbonyl (C=O) groups is 1. The zero-order valence-electron chi connectivity index (χ0n) is 9.74. The molecule has 0 saturated carbocycles. The van der Waals surface area contributed by atoms with Crippen LogP contribution in [0.5, 0.6) is 0 Å². The van der Waals surface area contributed by atoms with Crippen LogP contribution in [0, 0.1) is 5.92 Å². The van der Waals surface area contributed by atoms with Gasteiger partial charge in [0.25, 0.3) is 0 Å². The highest BCUT2D eigenvalue weighted by atomic mass is 16.2. The second-order valence-corrected chi connectivity index (χ2v) is 4.60. The zero-order valence-corrected chi connectivity index (χ0v) is 9.74. The molecule has 3 nitrogen and oxygen atoms in total. The van der Waals surface area contributed by atoms with Gasteiger partial charge in [-0.1, -0.05) is 13.3 Å². The first-order chi connectivity index (χ1) is 7.24. The number of aliphatic hydroxyl groups is 1. The Labute approximate surface area is 92.5 Å². The van der Waals surface area contributed by atoms with Crippen molar-refractivity contribution < 1.29 is 9.90 Å². The Morgan fingerprint density at radius 3 is 2.53 bits per heavy atom. The highest BCUT2D eigenvalue weighted by Crippen LogP contribution is 2.17. The van der Waals surface area contributed by atoms with Gasteiger partial charge >= 0.3 is 0 Å². The average molecular weight is 213 g/mol. The number of aliphatic hydroxyl groups excluding tert-OH is 1. The first-order valence-electron chi connectivity index (χ1n) is 6.12. The molecule has 1 saturated heterocycles. The van der Waals surface area contributed by atoms with Crippen LogP contribution >= 0.6 is 0 Å². The molecule has 1 aliphatic heterocycles. The van der Waals surface area contributed by atoms with Crippen molar-refractivity contribution in [3.63, 3.8) is 0 Å². The normalized spacial score (nSPS) is 18.1. The van der Waals surface area contributed by atoms with Crippen LogP contribution in [-0.4, -0.2) is 35.6 Å². The van der Waals surface area contributed by atoms with Crippen molar-refractivity contribution in [2.45, 2.75) is 45.4 Å². The van der Waals surface area contributed by atoms with Crippen molar-refractivity contribution in [2.24, 2.45) is 5.92 Å². The van der Waals surface area contributed by atoms with Gasteiger partial charge in [0, 0.05) is 26.1 Å². The van der Waals surface area contributed by atoms with Crippen molar-refractivity contribution in [2.75, 3.05) is 19.7 Å². The number of nitrogens with zero attached hydrogens (tertiary/aromatic N) is 1. The summed E-state index contributed by atoms with van der Waals surface area (Å²) in [5, 5.41) is 8.61. The molecule has 0 aromatic heterocycles. The maximum Gasteiger partial charge on any atom is 0.222 e. The van der Waals surface area contributed by atoms with Crippen molar-refractivity contribution in [3.8, 4) is 0 Å². The van der Waals surface area contributed by atoms with E-state index in [4.69, 9.17) is 5.11 Å². The van der Waals surface area contributed by atoms with E-state index in [0.717, 1.165) is 51.1 Å². The van der Waals surface area contributed by atoms with Crippen LogP contribution in [0.2, 0.25) is 0 Å². The van der Waals surface area contributed by atoms with Crippen LogP contribution in [-0.2, 0) is 4.79 Å². The predicted octanol–water partition coefficient (Wildman–Crippen LogP) is 1.80. The number of carbonyl (C=O) groups excluding carboxylic acids is 1. The van der Waals surface area contributed by atoms with Crippen LogP contribution in [0.25, 0.3) is 0 Å². The number of amides is 1. The van der Waals surface area contributed by atoms with E-state index in [1.807, 2.05) is 4.90 Å². The van der Waals surface area contributed by atoms with Crippen molar-refractivity contribution >= 4 is 5.91 Å². The first kappa shape index (κ1) is 12.5. The molecule has 1 amide bonds. The van der Waals surface area contributed by atoms with E-state index in [2.05, 4.69) is 6.92 Å². The Hall–Kier alpha value is -0.570. The van der Waals surface area contributed by atoms with E-state index in [0.29, 0.717) is 12.3 Å². The summed E-state index contributed by atoms with van der Waals surface area (Å²) >= 11 is 0. The molecule has 88 valence electrons. The molecule has 0 aromatic rings. The highest BCUT2D eigenvalue weighted by molar-refractivity contribution is 5.76. The molecule has 0 aromatic carbocycles. The van der Waals surface area contributed by atoms with Crippen molar-refractivity contribution in [1.82, 2.24) is 4.90 Å². The van der Waals surface area contributed by atoms with E-state index in [1.165, 1.54) is 0 Å². The van der Waals surface area contributed by atoms with Crippen LogP contribution in [0.3, 0.4) is 0 Å². The van der Waals surface area contributed by atoms with Crippen molar-refractivity contribution in [1.29, 1.82) is 0 Å². The molecule has 0 unspecified atom stereocenters. The van der Waals surface area contributed by atoms with Gasteiger partial charge in [0.15, 0.2) is 0 Å². The van der Waals surface area contributed by atoms with Gasteiger partial charge in [-0.3, -0.25) is 4.79 Å². The maximum atomic E-state index is 11.7. The maximum absolute atomic E-state index is 11.7. The first-order valence-corrected chi connectivity index (χ1v) is 6.12. The van der Waals surface area contributed by atoms with E-state index in [9.17, 15) is 4.79 Å². The second-order valence-electron chi connectivity index (χ2n) is 4.60. The molecule has 1 aliphatic rings. The Morgan fingerprint density at radius 2 is 1.93 bits per heavy atom. The molecule has 1 heterocycles. The van der Waals surface area contributed by atoms with Crippen LogP contribution in [0.15, 0.2) is 0 Å². The van der Waals surface area contributed by atoms with E-state index < -0.39 is 0 Å². The lowest BCUT2D eigenvalue weighted by molar-refractivity contribution is -0.132. The van der Waals surface area contributed by atoms with Crippen molar-refractivity contribution in [3.05, 3.63) is 0 Å². The standard InChI is InChI=1S/C12H23NO2/c1-11-6-8-13(9-7-11)12(15)5-3-2-4-10-14/h11,14H,2-10H2,1H3. The highest BCUT2D eigenvalue weighted by Gasteiger charge is 2.19. The summed E-state index contributed by atoms with van der Waals surface area (Å²) in [5.74, 6) is 1.09. The summed E-state index contributed by atoms with van der Waals surface area (Å²) in [4.78, 5) is 13.7. The summed E-state index contributed by atoms with van der Waals surface area (Å²) in [6.07, 6.45) is 5.68. The third-order valence-electron chi connectivity index (χ3n) is 3.19. The Balaban J connectivity index is 2.11. The average Bonchev–Trinajstić information content (AvgIpc) is 2.25. The number of likely N-dealkylation sites (tertiary alicyclic amines) is 1. The number of rotatable bonds is 5. The molecule has 1 N–H and O–H groups in total. The molecular formula is C12H23NO2. The lowest BCUT2D eigenvalue weighted by Gasteiger charge is -2.30. The molecular weight excluding hydrogens is 190 g/mol.